The molecule has 0 aliphatic heterocycles. The molecule has 0 radical (unpaired) electrons. The average molecular weight is 426 g/mol. The van der Waals surface area contributed by atoms with Gasteiger partial charge >= 0.3 is 18.0 Å². The van der Waals surface area contributed by atoms with Crippen LogP contribution in [0.25, 0.3) is 11.1 Å². The second-order valence-electron chi connectivity index (χ2n) is 8.27. The van der Waals surface area contributed by atoms with Crippen LogP contribution in [0, 0.1) is 0 Å². The van der Waals surface area contributed by atoms with Gasteiger partial charge in [-0.3, -0.25) is 15.0 Å². The van der Waals surface area contributed by atoms with Crippen LogP contribution in [0.3, 0.4) is 0 Å². The highest BCUT2D eigenvalue weighted by molar-refractivity contribution is 5.79. The minimum absolute atomic E-state index is 0.0766. The standard InChI is InChI=1S/C23H26N2O6/c1-23(2,3)31-21(28)13-25(12-20(26)27)24-22(29)30-14-19-17-10-6-4-8-15(17)16-9-5-7-11-18(16)19/h4-11,19H,12-14H2,1-3H3,(H,24,29)(H,26,27). The first-order chi connectivity index (χ1) is 14.6. The number of carboxylic acids is 1. The van der Waals surface area contributed by atoms with Crippen molar-refractivity contribution in [3.63, 3.8) is 0 Å². The molecule has 31 heavy (non-hydrogen) atoms. The second-order valence-corrected chi connectivity index (χ2v) is 8.27. The van der Waals surface area contributed by atoms with Gasteiger partial charge in [0.15, 0.2) is 0 Å². The third-order valence-corrected chi connectivity index (χ3v) is 4.66. The van der Waals surface area contributed by atoms with Crippen LogP contribution in [0.2, 0.25) is 0 Å². The SMILES string of the molecule is CC(C)(C)OC(=O)CN(CC(=O)O)NC(=O)OCC1c2ccccc2-c2ccccc21. The summed E-state index contributed by atoms with van der Waals surface area (Å²) in [4.78, 5) is 35.5. The van der Waals surface area contributed by atoms with Gasteiger partial charge in [0.05, 0.1) is 0 Å². The number of hydrogen-bond acceptors (Lipinski definition) is 6. The van der Waals surface area contributed by atoms with E-state index in [-0.39, 0.29) is 12.5 Å². The van der Waals surface area contributed by atoms with Crippen LogP contribution in [0.15, 0.2) is 48.5 Å². The number of hydrazine groups is 1. The maximum Gasteiger partial charge on any atom is 0.421 e. The molecule has 0 fully saturated rings. The summed E-state index contributed by atoms with van der Waals surface area (Å²) in [5.74, 6) is -1.99. The fraction of sp³-hybridized carbons (Fsp3) is 0.348. The number of hydrogen-bond donors (Lipinski definition) is 2. The van der Waals surface area contributed by atoms with Crippen molar-refractivity contribution in [1.82, 2.24) is 10.4 Å². The van der Waals surface area contributed by atoms with Gasteiger partial charge in [0.25, 0.3) is 0 Å². The van der Waals surface area contributed by atoms with E-state index in [1.807, 2.05) is 48.5 Å². The van der Waals surface area contributed by atoms with Gasteiger partial charge in [0, 0.05) is 5.92 Å². The van der Waals surface area contributed by atoms with E-state index in [1.165, 1.54) is 0 Å². The van der Waals surface area contributed by atoms with Crippen molar-refractivity contribution in [3.8, 4) is 11.1 Å². The number of esters is 1. The summed E-state index contributed by atoms with van der Waals surface area (Å²) in [6.45, 7) is 4.17. The van der Waals surface area contributed by atoms with Crippen LogP contribution >= 0.6 is 0 Å². The van der Waals surface area contributed by atoms with Gasteiger partial charge in [-0.2, -0.15) is 5.01 Å². The molecular weight excluding hydrogens is 400 g/mol. The summed E-state index contributed by atoms with van der Waals surface area (Å²) in [5.41, 5.74) is 5.93. The van der Waals surface area contributed by atoms with Gasteiger partial charge in [-0.25, -0.2) is 4.79 Å². The first-order valence-corrected chi connectivity index (χ1v) is 9.94. The maximum atomic E-state index is 12.4. The summed E-state index contributed by atoms with van der Waals surface area (Å²) in [7, 11) is 0. The van der Waals surface area contributed by atoms with E-state index in [1.54, 1.807) is 20.8 Å². The Morgan fingerprint density at radius 2 is 1.52 bits per heavy atom. The summed E-state index contributed by atoms with van der Waals surface area (Å²) < 4.78 is 10.6. The largest absolute Gasteiger partial charge is 0.480 e. The predicted octanol–water partition coefficient (Wildman–Crippen LogP) is 3.17. The van der Waals surface area contributed by atoms with E-state index in [0.717, 1.165) is 27.3 Å². The van der Waals surface area contributed by atoms with Crippen LogP contribution in [0.4, 0.5) is 4.79 Å². The monoisotopic (exact) mass is 426 g/mol. The molecule has 1 aliphatic rings. The molecule has 0 bridgehead atoms. The summed E-state index contributed by atoms with van der Waals surface area (Å²) >= 11 is 0. The second kappa shape index (κ2) is 9.18. The number of nitrogens with one attached hydrogen (secondary N) is 1. The van der Waals surface area contributed by atoms with Gasteiger partial charge in [-0.1, -0.05) is 48.5 Å². The van der Waals surface area contributed by atoms with Crippen molar-refractivity contribution in [2.45, 2.75) is 32.3 Å². The number of amides is 1. The van der Waals surface area contributed by atoms with Crippen molar-refractivity contribution >= 4 is 18.0 Å². The fourth-order valence-electron chi connectivity index (χ4n) is 3.59. The zero-order chi connectivity index (χ0) is 22.6. The first-order valence-electron chi connectivity index (χ1n) is 9.94. The molecule has 0 heterocycles. The number of nitrogens with zero attached hydrogens (tertiary/aromatic N) is 1. The van der Waals surface area contributed by atoms with E-state index in [2.05, 4.69) is 5.43 Å². The van der Waals surface area contributed by atoms with Crippen LogP contribution in [-0.2, 0) is 19.1 Å². The van der Waals surface area contributed by atoms with E-state index < -0.39 is 36.7 Å². The number of carboxylic acid groups (broad SMARTS) is 1. The van der Waals surface area contributed by atoms with E-state index in [4.69, 9.17) is 14.6 Å². The molecule has 8 nitrogen and oxygen atoms in total. The van der Waals surface area contributed by atoms with E-state index in [0.29, 0.717) is 0 Å². The first kappa shape index (κ1) is 22.3. The van der Waals surface area contributed by atoms with Crippen LogP contribution in [-0.4, -0.2) is 53.4 Å². The highest BCUT2D eigenvalue weighted by Crippen LogP contribution is 2.44. The smallest absolute Gasteiger partial charge is 0.421 e. The lowest BCUT2D eigenvalue weighted by Crippen LogP contribution is -2.48. The highest BCUT2D eigenvalue weighted by Gasteiger charge is 2.29. The van der Waals surface area contributed by atoms with Crippen molar-refractivity contribution in [2.24, 2.45) is 0 Å². The van der Waals surface area contributed by atoms with Gasteiger partial charge in [-0.05, 0) is 43.0 Å². The lowest BCUT2D eigenvalue weighted by atomic mass is 9.98. The van der Waals surface area contributed by atoms with Crippen LogP contribution < -0.4 is 5.43 Å². The van der Waals surface area contributed by atoms with Crippen molar-refractivity contribution < 1.29 is 29.0 Å². The Balaban J connectivity index is 1.64. The van der Waals surface area contributed by atoms with Gasteiger partial charge < -0.3 is 14.6 Å². The van der Waals surface area contributed by atoms with Gasteiger partial charge in [-0.15, -0.1) is 0 Å². The Hall–Kier alpha value is -3.39. The normalized spacial score (nSPS) is 12.8. The highest BCUT2D eigenvalue weighted by atomic mass is 16.6. The molecule has 1 amide bonds. The number of carbonyl (C=O) groups is 3. The molecule has 3 rings (SSSR count). The molecule has 0 spiro atoms. The maximum absolute atomic E-state index is 12.4. The Bertz CT molecular complexity index is 937. The number of fused-ring (bicyclic) bond motifs is 3. The Morgan fingerprint density at radius 3 is 2.03 bits per heavy atom. The molecular formula is C23H26N2O6. The summed E-state index contributed by atoms with van der Waals surface area (Å²) in [6, 6.07) is 15.9. The van der Waals surface area contributed by atoms with Crippen LogP contribution in [0.5, 0.6) is 0 Å². The zero-order valence-electron chi connectivity index (χ0n) is 17.8. The topological polar surface area (TPSA) is 105 Å². The molecule has 8 heteroatoms. The number of carbonyl (C=O) groups excluding carboxylic acids is 2. The van der Waals surface area contributed by atoms with Gasteiger partial charge in [0.1, 0.15) is 25.3 Å². The van der Waals surface area contributed by atoms with Crippen molar-refractivity contribution in [1.29, 1.82) is 0 Å². The van der Waals surface area contributed by atoms with Crippen molar-refractivity contribution in [2.75, 3.05) is 19.7 Å². The lowest BCUT2D eigenvalue weighted by Gasteiger charge is -2.24. The molecule has 0 atom stereocenters. The third kappa shape index (κ3) is 5.82. The molecule has 0 unspecified atom stereocenters. The Morgan fingerprint density at radius 1 is 0.968 bits per heavy atom. The predicted molar refractivity (Wildman–Crippen MR) is 113 cm³/mol. The summed E-state index contributed by atoms with van der Waals surface area (Å²) in [6.07, 6.45) is -0.841. The van der Waals surface area contributed by atoms with E-state index in [9.17, 15) is 14.4 Å². The van der Waals surface area contributed by atoms with Crippen molar-refractivity contribution in [3.05, 3.63) is 59.7 Å². The molecule has 2 aromatic rings. The number of rotatable bonds is 7. The fourth-order valence-corrected chi connectivity index (χ4v) is 3.59. The Kier molecular flexibility index (Phi) is 6.60. The zero-order valence-corrected chi connectivity index (χ0v) is 17.8. The minimum atomic E-state index is -1.21. The quantitative estimate of drug-likeness (QED) is 0.517. The number of benzene rings is 2. The molecule has 1 aliphatic carbocycles. The lowest BCUT2D eigenvalue weighted by molar-refractivity contribution is -0.157. The minimum Gasteiger partial charge on any atom is -0.480 e. The number of aliphatic carboxylic acids is 1. The number of ether oxygens (including phenoxy) is 2. The molecule has 164 valence electrons. The third-order valence-electron chi connectivity index (χ3n) is 4.66. The average Bonchev–Trinajstić information content (AvgIpc) is 2.98. The molecule has 2 aromatic carbocycles. The Labute approximate surface area is 180 Å². The van der Waals surface area contributed by atoms with Gasteiger partial charge in [0.2, 0.25) is 0 Å². The molecule has 0 saturated carbocycles. The summed E-state index contributed by atoms with van der Waals surface area (Å²) in [5, 5.41) is 10.0. The molecule has 0 aromatic heterocycles. The van der Waals surface area contributed by atoms with Crippen LogP contribution in [0.1, 0.15) is 37.8 Å². The molecule has 0 saturated heterocycles. The molecule has 2 N–H and O–H groups in total. The van der Waals surface area contributed by atoms with E-state index >= 15 is 0 Å².